The Labute approximate surface area is 129 Å². The maximum Gasteiger partial charge on any atom is 0.253 e. The van der Waals surface area contributed by atoms with E-state index < -0.39 is 0 Å². The lowest BCUT2D eigenvalue weighted by atomic mass is 10.0. The van der Waals surface area contributed by atoms with E-state index in [4.69, 9.17) is 5.73 Å². The fourth-order valence-electron chi connectivity index (χ4n) is 2.77. The molecule has 1 aliphatic heterocycles. The fourth-order valence-corrected chi connectivity index (χ4v) is 2.77. The second-order valence-corrected chi connectivity index (χ2v) is 5.66. The highest BCUT2D eigenvalue weighted by Crippen LogP contribution is 2.15. The minimum Gasteiger partial charge on any atom is -0.367 e. The molecule has 1 fully saturated rings. The number of nitrogens with one attached hydrogen (secondary N) is 1. The number of carbonyl (C=O) groups excluding carboxylic acids is 2. The van der Waals surface area contributed by atoms with Crippen LogP contribution >= 0.6 is 0 Å². The van der Waals surface area contributed by atoms with Crippen LogP contribution in [-0.4, -0.2) is 40.7 Å². The summed E-state index contributed by atoms with van der Waals surface area (Å²) in [6.45, 7) is 1.35. The lowest BCUT2D eigenvalue weighted by Gasteiger charge is -2.30. The first-order chi connectivity index (χ1) is 10.6. The van der Waals surface area contributed by atoms with E-state index in [1.54, 1.807) is 47.6 Å². The van der Waals surface area contributed by atoms with Gasteiger partial charge in [-0.2, -0.15) is 0 Å². The van der Waals surface area contributed by atoms with Gasteiger partial charge in [0, 0.05) is 48.2 Å². The highest BCUT2D eigenvalue weighted by atomic mass is 16.2. The number of piperidine rings is 1. The summed E-state index contributed by atoms with van der Waals surface area (Å²) in [5, 5.41) is 0. The van der Waals surface area contributed by atoms with Gasteiger partial charge in [0.15, 0.2) is 5.78 Å². The Balaban J connectivity index is 1.74. The molecular weight excluding hydrogens is 278 g/mol. The summed E-state index contributed by atoms with van der Waals surface area (Å²) < 4.78 is 0. The van der Waals surface area contributed by atoms with Gasteiger partial charge < -0.3 is 15.6 Å². The van der Waals surface area contributed by atoms with Gasteiger partial charge in [0.25, 0.3) is 5.91 Å². The molecule has 1 amide bonds. The van der Waals surface area contributed by atoms with Crippen LogP contribution in [0, 0.1) is 0 Å². The van der Waals surface area contributed by atoms with Gasteiger partial charge in [-0.25, -0.2) is 0 Å². The van der Waals surface area contributed by atoms with Crippen LogP contribution in [0.5, 0.6) is 0 Å². The number of rotatable bonds is 3. The fraction of sp³-hybridized carbons (Fsp3) is 0.294. The van der Waals surface area contributed by atoms with E-state index in [0.717, 1.165) is 19.4 Å². The van der Waals surface area contributed by atoms with Crippen LogP contribution in [0.3, 0.4) is 0 Å². The second-order valence-electron chi connectivity index (χ2n) is 5.66. The van der Waals surface area contributed by atoms with Gasteiger partial charge in [-0.05, 0) is 31.0 Å². The normalized spacial score (nSPS) is 18.2. The topological polar surface area (TPSA) is 79.2 Å². The van der Waals surface area contributed by atoms with Gasteiger partial charge in [0.1, 0.15) is 0 Å². The van der Waals surface area contributed by atoms with E-state index in [2.05, 4.69) is 4.98 Å². The molecule has 0 radical (unpaired) electrons. The molecule has 3 rings (SSSR count). The van der Waals surface area contributed by atoms with Gasteiger partial charge in [0.2, 0.25) is 0 Å². The summed E-state index contributed by atoms with van der Waals surface area (Å²) in [4.78, 5) is 29.3. The molecule has 1 aromatic heterocycles. The van der Waals surface area contributed by atoms with Gasteiger partial charge >= 0.3 is 0 Å². The molecule has 2 heterocycles. The summed E-state index contributed by atoms with van der Waals surface area (Å²) in [5.74, 6) is -0.0731. The number of hydrogen-bond acceptors (Lipinski definition) is 3. The number of nitrogens with two attached hydrogens (primary N) is 1. The molecule has 22 heavy (non-hydrogen) atoms. The minimum absolute atomic E-state index is 0.0178. The Morgan fingerprint density at radius 1 is 1.09 bits per heavy atom. The van der Waals surface area contributed by atoms with Crippen molar-refractivity contribution >= 4 is 11.7 Å². The van der Waals surface area contributed by atoms with Crippen molar-refractivity contribution < 1.29 is 9.59 Å². The third-order valence-corrected chi connectivity index (χ3v) is 4.00. The maximum absolute atomic E-state index is 12.4. The number of hydrogen-bond donors (Lipinski definition) is 2. The molecule has 5 heteroatoms. The van der Waals surface area contributed by atoms with Crippen molar-refractivity contribution in [2.45, 2.75) is 18.9 Å². The molecule has 1 atom stereocenters. The lowest BCUT2D eigenvalue weighted by Crippen LogP contribution is -2.45. The van der Waals surface area contributed by atoms with E-state index in [1.807, 2.05) is 0 Å². The molecule has 1 unspecified atom stereocenters. The van der Waals surface area contributed by atoms with E-state index in [-0.39, 0.29) is 17.7 Å². The van der Waals surface area contributed by atoms with Crippen LogP contribution in [-0.2, 0) is 0 Å². The van der Waals surface area contributed by atoms with Crippen LogP contribution in [0.4, 0.5) is 0 Å². The predicted molar refractivity (Wildman–Crippen MR) is 83.8 cm³/mol. The number of aromatic amines is 1. The summed E-state index contributed by atoms with van der Waals surface area (Å²) in [7, 11) is 0. The molecule has 5 nitrogen and oxygen atoms in total. The average Bonchev–Trinajstić information content (AvgIpc) is 3.08. The minimum atomic E-state index is -0.0553. The molecular formula is C17H19N3O2. The number of likely N-dealkylation sites (tertiary alicyclic amines) is 1. The van der Waals surface area contributed by atoms with Gasteiger partial charge in [-0.1, -0.05) is 12.1 Å². The van der Waals surface area contributed by atoms with Crippen molar-refractivity contribution in [1.29, 1.82) is 0 Å². The molecule has 1 saturated heterocycles. The summed E-state index contributed by atoms with van der Waals surface area (Å²) in [6.07, 6.45) is 5.28. The first kappa shape index (κ1) is 14.5. The SMILES string of the molecule is NC1CCCN(C(=O)c2ccc(C(=O)c3cc[nH]c3)cc2)C1. The van der Waals surface area contributed by atoms with Gasteiger partial charge in [0.05, 0.1) is 0 Å². The highest BCUT2D eigenvalue weighted by molar-refractivity contribution is 6.09. The maximum atomic E-state index is 12.4. The van der Waals surface area contributed by atoms with Gasteiger partial charge in [-0.3, -0.25) is 9.59 Å². The molecule has 0 aliphatic carbocycles. The number of aromatic nitrogens is 1. The first-order valence-electron chi connectivity index (χ1n) is 7.47. The summed E-state index contributed by atoms with van der Waals surface area (Å²) in [6, 6.07) is 8.62. The van der Waals surface area contributed by atoms with Crippen LogP contribution < -0.4 is 5.73 Å². The zero-order chi connectivity index (χ0) is 15.5. The average molecular weight is 297 g/mol. The number of carbonyl (C=O) groups is 2. The molecule has 1 aromatic carbocycles. The first-order valence-corrected chi connectivity index (χ1v) is 7.47. The van der Waals surface area contributed by atoms with E-state index in [9.17, 15) is 9.59 Å². The molecule has 1 aliphatic rings. The van der Waals surface area contributed by atoms with Crippen molar-refractivity contribution in [3.8, 4) is 0 Å². The number of nitrogens with zero attached hydrogens (tertiary/aromatic N) is 1. The van der Waals surface area contributed by atoms with Crippen molar-refractivity contribution in [2.24, 2.45) is 5.73 Å². The Morgan fingerprint density at radius 2 is 1.82 bits per heavy atom. The Bertz CT molecular complexity index is 662. The standard InChI is InChI=1S/C17H19N3O2/c18-15-2-1-9-20(11-15)17(22)13-5-3-12(4-6-13)16(21)14-7-8-19-10-14/h3-8,10,15,19H,1-2,9,11,18H2. The summed E-state index contributed by atoms with van der Waals surface area (Å²) in [5.41, 5.74) is 7.70. The third kappa shape index (κ3) is 2.94. The third-order valence-electron chi connectivity index (χ3n) is 4.00. The number of ketones is 1. The zero-order valence-corrected chi connectivity index (χ0v) is 12.3. The number of H-pyrrole nitrogens is 1. The van der Waals surface area contributed by atoms with Crippen molar-refractivity contribution in [1.82, 2.24) is 9.88 Å². The van der Waals surface area contributed by atoms with E-state index >= 15 is 0 Å². The van der Waals surface area contributed by atoms with E-state index in [1.165, 1.54) is 0 Å². The monoisotopic (exact) mass is 297 g/mol. The molecule has 0 bridgehead atoms. The molecule has 2 aromatic rings. The summed E-state index contributed by atoms with van der Waals surface area (Å²) >= 11 is 0. The van der Waals surface area contributed by atoms with Crippen molar-refractivity contribution in [3.05, 3.63) is 59.4 Å². The molecule has 3 N–H and O–H groups in total. The predicted octanol–water partition coefficient (Wildman–Crippen LogP) is 1.81. The largest absolute Gasteiger partial charge is 0.367 e. The smallest absolute Gasteiger partial charge is 0.253 e. The van der Waals surface area contributed by atoms with Crippen molar-refractivity contribution in [3.63, 3.8) is 0 Å². The molecule has 114 valence electrons. The van der Waals surface area contributed by atoms with Crippen LogP contribution in [0.1, 0.15) is 39.1 Å². The Morgan fingerprint density at radius 3 is 2.45 bits per heavy atom. The number of amides is 1. The van der Waals surface area contributed by atoms with Crippen LogP contribution in [0.2, 0.25) is 0 Å². The van der Waals surface area contributed by atoms with Crippen LogP contribution in [0.15, 0.2) is 42.7 Å². The van der Waals surface area contributed by atoms with Crippen molar-refractivity contribution in [2.75, 3.05) is 13.1 Å². The molecule has 0 saturated carbocycles. The van der Waals surface area contributed by atoms with Crippen LogP contribution in [0.25, 0.3) is 0 Å². The van der Waals surface area contributed by atoms with Gasteiger partial charge in [-0.15, -0.1) is 0 Å². The zero-order valence-electron chi connectivity index (χ0n) is 12.3. The molecule has 0 spiro atoms. The van der Waals surface area contributed by atoms with E-state index in [0.29, 0.717) is 23.2 Å². The lowest BCUT2D eigenvalue weighted by molar-refractivity contribution is 0.0708. The highest BCUT2D eigenvalue weighted by Gasteiger charge is 2.22. The Hall–Kier alpha value is -2.40. The Kier molecular flexibility index (Phi) is 4.06. The second kappa shape index (κ2) is 6.15. The number of benzene rings is 1. The quantitative estimate of drug-likeness (QED) is 0.848.